The maximum atomic E-state index is 10.1. The minimum atomic E-state index is 0.0762. The lowest BCUT2D eigenvalue weighted by atomic mass is 10.1. The molecule has 0 bridgehead atoms. The first kappa shape index (κ1) is 14.5. The zero-order chi connectivity index (χ0) is 14.7. The topological polar surface area (TPSA) is 59.6 Å². The average Bonchev–Trinajstić information content (AvgIpc) is 2.75. The molecule has 0 aliphatic carbocycles. The van der Waals surface area contributed by atoms with Crippen molar-refractivity contribution < 1.29 is 9.94 Å². The summed E-state index contributed by atoms with van der Waals surface area (Å²) in [5.41, 5.74) is 2.80. The molecule has 2 rings (SSSR count). The van der Waals surface area contributed by atoms with Crippen molar-refractivity contribution >= 4 is 17.5 Å². The second-order valence-corrected chi connectivity index (χ2v) is 5.14. The summed E-state index contributed by atoms with van der Waals surface area (Å²) in [4.78, 5) is 5.96. The summed E-state index contributed by atoms with van der Waals surface area (Å²) in [7, 11) is 3.17. The molecular formula is C14H17N3O2S. The summed E-state index contributed by atoms with van der Waals surface area (Å²) in [6.45, 7) is 1.78. The number of rotatable bonds is 4. The van der Waals surface area contributed by atoms with E-state index >= 15 is 0 Å². The Bertz CT molecular complexity index is 633. The van der Waals surface area contributed by atoms with Crippen molar-refractivity contribution in [2.45, 2.75) is 11.8 Å². The molecule has 0 spiro atoms. The van der Waals surface area contributed by atoms with E-state index < -0.39 is 0 Å². The lowest BCUT2D eigenvalue weighted by molar-refractivity contribution is 0.213. The molecule has 0 fully saturated rings. The van der Waals surface area contributed by atoms with Gasteiger partial charge in [-0.05, 0) is 25.3 Å². The highest BCUT2D eigenvalue weighted by atomic mass is 32.2. The van der Waals surface area contributed by atoms with Crippen LogP contribution in [0.4, 0.5) is 0 Å². The number of aromatic nitrogens is 2. The van der Waals surface area contributed by atoms with Crippen molar-refractivity contribution in [2.75, 3.05) is 13.4 Å². The van der Waals surface area contributed by atoms with Crippen LogP contribution in [-0.2, 0) is 11.9 Å². The fraction of sp³-hybridized carbons (Fsp3) is 0.286. The van der Waals surface area contributed by atoms with Gasteiger partial charge in [-0.1, -0.05) is 17.3 Å². The Labute approximate surface area is 122 Å². The molecule has 0 saturated heterocycles. The number of oxime groups is 1. The standard InChI is InChI=1S/C14H17N3O2S/c1-9(16-19-3)12-13(15-17(2)14(12)18)10-5-7-11(20-4)8-6-10/h5-8,18H,1-4H3. The molecule has 0 radical (unpaired) electrons. The van der Waals surface area contributed by atoms with Crippen LogP contribution in [0, 0.1) is 0 Å². The van der Waals surface area contributed by atoms with Crippen LogP contribution in [0.3, 0.4) is 0 Å². The third-order valence-corrected chi connectivity index (χ3v) is 3.71. The zero-order valence-corrected chi connectivity index (χ0v) is 12.7. The van der Waals surface area contributed by atoms with Gasteiger partial charge in [-0.15, -0.1) is 11.8 Å². The molecule has 0 atom stereocenters. The maximum Gasteiger partial charge on any atom is 0.219 e. The van der Waals surface area contributed by atoms with Gasteiger partial charge in [0.05, 0.1) is 11.3 Å². The molecular weight excluding hydrogens is 274 g/mol. The molecule has 0 amide bonds. The predicted molar refractivity (Wildman–Crippen MR) is 81.3 cm³/mol. The summed E-state index contributed by atoms with van der Waals surface area (Å²) in [6.07, 6.45) is 2.03. The SMILES string of the molecule is CON=C(C)c1c(-c2ccc(SC)cc2)nn(C)c1O. The zero-order valence-electron chi connectivity index (χ0n) is 11.9. The van der Waals surface area contributed by atoms with Crippen LogP contribution in [0.2, 0.25) is 0 Å². The second kappa shape index (κ2) is 6.00. The molecule has 2 aromatic rings. The van der Waals surface area contributed by atoms with Crippen molar-refractivity contribution in [1.82, 2.24) is 9.78 Å². The van der Waals surface area contributed by atoms with Crippen molar-refractivity contribution in [3.63, 3.8) is 0 Å². The second-order valence-electron chi connectivity index (χ2n) is 4.26. The van der Waals surface area contributed by atoms with Gasteiger partial charge in [0.25, 0.3) is 0 Å². The van der Waals surface area contributed by atoms with Crippen molar-refractivity contribution in [1.29, 1.82) is 0 Å². The Morgan fingerprint density at radius 3 is 2.55 bits per heavy atom. The quantitative estimate of drug-likeness (QED) is 0.534. The van der Waals surface area contributed by atoms with E-state index in [4.69, 9.17) is 4.84 Å². The van der Waals surface area contributed by atoms with E-state index in [0.717, 1.165) is 5.56 Å². The Morgan fingerprint density at radius 2 is 2.00 bits per heavy atom. The Morgan fingerprint density at radius 1 is 1.35 bits per heavy atom. The molecule has 20 heavy (non-hydrogen) atoms. The van der Waals surface area contributed by atoms with E-state index in [9.17, 15) is 5.11 Å². The van der Waals surface area contributed by atoms with E-state index in [1.54, 1.807) is 25.7 Å². The lowest BCUT2D eigenvalue weighted by Gasteiger charge is -2.03. The van der Waals surface area contributed by atoms with Gasteiger partial charge >= 0.3 is 0 Å². The van der Waals surface area contributed by atoms with Gasteiger partial charge in [-0.2, -0.15) is 5.10 Å². The van der Waals surface area contributed by atoms with Crippen molar-refractivity contribution in [2.24, 2.45) is 12.2 Å². The highest BCUT2D eigenvalue weighted by Crippen LogP contribution is 2.31. The normalized spacial score (nSPS) is 11.7. The Kier molecular flexibility index (Phi) is 4.34. The van der Waals surface area contributed by atoms with Crippen LogP contribution in [0.15, 0.2) is 34.3 Å². The van der Waals surface area contributed by atoms with Gasteiger partial charge in [0.15, 0.2) is 0 Å². The molecule has 6 heteroatoms. The van der Waals surface area contributed by atoms with Gasteiger partial charge in [0, 0.05) is 17.5 Å². The first-order chi connectivity index (χ1) is 9.58. The molecule has 1 aromatic heterocycles. The van der Waals surface area contributed by atoms with Crippen LogP contribution in [0.1, 0.15) is 12.5 Å². The fourth-order valence-corrected chi connectivity index (χ4v) is 2.39. The molecule has 5 nitrogen and oxygen atoms in total. The third kappa shape index (κ3) is 2.65. The number of benzene rings is 1. The molecule has 0 unspecified atom stereocenters. The monoisotopic (exact) mass is 291 g/mol. The van der Waals surface area contributed by atoms with Crippen molar-refractivity contribution in [3.05, 3.63) is 29.8 Å². The molecule has 1 aromatic carbocycles. The van der Waals surface area contributed by atoms with Gasteiger partial charge in [-0.3, -0.25) is 0 Å². The summed E-state index contributed by atoms with van der Waals surface area (Å²) in [5, 5.41) is 18.4. The first-order valence-corrected chi connectivity index (χ1v) is 7.29. The van der Waals surface area contributed by atoms with Crippen LogP contribution in [0.5, 0.6) is 5.88 Å². The minimum Gasteiger partial charge on any atom is -0.493 e. The number of aromatic hydroxyl groups is 1. The summed E-state index contributed by atoms with van der Waals surface area (Å²) in [5.74, 6) is 0.0762. The highest BCUT2D eigenvalue weighted by molar-refractivity contribution is 7.98. The van der Waals surface area contributed by atoms with Crippen LogP contribution >= 0.6 is 11.8 Å². The van der Waals surface area contributed by atoms with Crippen LogP contribution < -0.4 is 0 Å². The Hall–Kier alpha value is -1.95. The summed E-state index contributed by atoms with van der Waals surface area (Å²) < 4.78 is 1.43. The first-order valence-electron chi connectivity index (χ1n) is 6.07. The van der Waals surface area contributed by atoms with E-state index in [1.807, 2.05) is 30.5 Å². The summed E-state index contributed by atoms with van der Waals surface area (Å²) in [6, 6.07) is 8.02. The maximum absolute atomic E-state index is 10.1. The van der Waals surface area contributed by atoms with Crippen molar-refractivity contribution in [3.8, 4) is 17.1 Å². The molecule has 0 aliphatic rings. The number of thioether (sulfide) groups is 1. The van der Waals surface area contributed by atoms with E-state index in [1.165, 1.54) is 16.7 Å². The van der Waals surface area contributed by atoms with Gasteiger partial charge < -0.3 is 9.94 Å². The predicted octanol–water partition coefficient (Wildman–Crippen LogP) is 2.89. The number of hydrogen-bond donors (Lipinski definition) is 1. The van der Waals surface area contributed by atoms with Gasteiger partial charge in [0.2, 0.25) is 5.88 Å². The molecule has 106 valence electrons. The highest BCUT2D eigenvalue weighted by Gasteiger charge is 2.19. The molecule has 0 aliphatic heterocycles. The fourth-order valence-electron chi connectivity index (χ4n) is 1.98. The lowest BCUT2D eigenvalue weighted by Crippen LogP contribution is -1.97. The molecule has 1 N–H and O–H groups in total. The van der Waals surface area contributed by atoms with Gasteiger partial charge in [-0.25, -0.2) is 4.68 Å². The number of nitrogens with zero attached hydrogens (tertiary/aromatic N) is 3. The largest absolute Gasteiger partial charge is 0.493 e. The van der Waals surface area contributed by atoms with Crippen LogP contribution in [-0.4, -0.2) is 34.0 Å². The molecule has 0 saturated carbocycles. The number of aryl methyl sites for hydroxylation is 1. The van der Waals surface area contributed by atoms with E-state index in [0.29, 0.717) is 17.0 Å². The minimum absolute atomic E-state index is 0.0762. The summed E-state index contributed by atoms with van der Waals surface area (Å²) >= 11 is 1.68. The Balaban J connectivity index is 2.55. The smallest absolute Gasteiger partial charge is 0.219 e. The van der Waals surface area contributed by atoms with Gasteiger partial charge in [0.1, 0.15) is 12.8 Å². The van der Waals surface area contributed by atoms with E-state index in [-0.39, 0.29) is 5.88 Å². The van der Waals surface area contributed by atoms with E-state index in [2.05, 4.69) is 10.3 Å². The average molecular weight is 291 g/mol. The third-order valence-electron chi connectivity index (χ3n) is 2.97. The molecule has 1 heterocycles. The number of hydrogen-bond acceptors (Lipinski definition) is 5. The van der Waals surface area contributed by atoms with Crippen LogP contribution in [0.25, 0.3) is 11.3 Å².